The average Bonchev–Trinajstić information content (AvgIpc) is 2.66. The maximum atomic E-state index is 11.9. The van der Waals surface area contributed by atoms with E-state index in [1.165, 1.54) is 30.9 Å². The number of carbonyl (C=O) groups excluding carboxylic acids is 2. The Hall–Kier alpha value is -3.28. The molecule has 6 nitrogen and oxygen atoms in total. The van der Waals surface area contributed by atoms with E-state index in [1.807, 2.05) is 24.3 Å². The minimum absolute atomic E-state index is 0.00956. The molecular formula is C21H23NO5. The van der Waals surface area contributed by atoms with Crippen LogP contribution in [-0.4, -0.2) is 30.7 Å². The molecule has 2 N–H and O–H groups in total. The van der Waals surface area contributed by atoms with Crippen LogP contribution in [0.1, 0.15) is 30.9 Å². The molecule has 0 radical (unpaired) electrons. The van der Waals surface area contributed by atoms with E-state index in [1.54, 1.807) is 12.1 Å². The van der Waals surface area contributed by atoms with E-state index >= 15 is 0 Å². The first kappa shape index (κ1) is 20.0. The Balaban J connectivity index is 1.83. The van der Waals surface area contributed by atoms with Crippen molar-refractivity contribution in [2.24, 2.45) is 0 Å². The van der Waals surface area contributed by atoms with Crippen LogP contribution < -0.4 is 10.1 Å². The van der Waals surface area contributed by atoms with Gasteiger partial charge in [0.15, 0.2) is 18.1 Å². The molecular weight excluding hydrogens is 346 g/mol. The van der Waals surface area contributed by atoms with Crippen LogP contribution in [0, 0.1) is 0 Å². The van der Waals surface area contributed by atoms with Crippen LogP contribution in [-0.2, 0) is 14.3 Å². The zero-order valence-electron chi connectivity index (χ0n) is 15.6. The fourth-order valence-electron chi connectivity index (χ4n) is 2.30. The summed E-state index contributed by atoms with van der Waals surface area (Å²) in [4.78, 5) is 23.6. The molecule has 2 aromatic carbocycles. The van der Waals surface area contributed by atoms with E-state index in [2.05, 4.69) is 19.2 Å². The summed E-state index contributed by atoms with van der Waals surface area (Å²) in [5.74, 6) is -0.340. The predicted molar refractivity (Wildman–Crippen MR) is 104 cm³/mol. The number of esters is 1. The van der Waals surface area contributed by atoms with Crippen LogP contribution in [0.2, 0.25) is 0 Å². The lowest BCUT2D eigenvalue weighted by atomic mass is 10.0. The number of nitrogens with one attached hydrogen (secondary N) is 1. The Morgan fingerprint density at radius 3 is 2.48 bits per heavy atom. The first-order valence-corrected chi connectivity index (χ1v) is 8.50. The minimum Gasteiger partial charge on any atom is -0.504 e. The number of hydrogen-bond donors (Lipinski definition) is 2. The summed E-state index contributed by atoms with van der Waals surface area (Å²) >= 11 is 0. The van der Waals surface area contributed by atoms with E-state index in [4.69, 9.17) is 9.47 Å². The van der Waals surface area contributed by atoms with Gasteiger partial charge in [0.2, 0.25) is 0 Å². The maximum Gasteiger partial charge on any atom is 0.331 e. The Morgan fingerprint density at radius 2 is 1.85 bits per heavy atom. The van der Waals surface area contributed by atoms with Gasteiger partial charge in [-0.25, -0.2) is 4.79 Å². The van der Waals surface area contributed by atoms with E-state index in [0.717, 1.165) is 0 Å². The monoisotopic (exact) mass is 369 g/mol. The predicted octanol–water partition coefficient (Wildman–Crippen LogP) is 3.72. The molecule has 0 aromatic heterocycles. The molecule has 0 atom stereocenters. The molecule has 0 aliphatic heterocycles. The number of ether oxygens (including phenoxy) is 2. The van der Waals surface area contributed by atoms with Gasteiger partial charge in [-0.05, 0) is 47.4 Å². The van der Waals surface area contributed by atoms with Gasteiger partial charge in [-0.15, -0.1) is 0 Å². The van der Waals surface area contributed by atoms with Gasteiger partial charge < -0.3 is 19.9 Å². The molecule has 0 aliphatic carbocycles. The summed E-state index contributed by atoms with van der Waals surface area (Å²) in [5.41, 5.74) is 2.47. The topological polar surface area (TPSA) is 84.9 Å². The largest absolute Gasteiger partial charge is 0.504 e. The number of amides is 1. The number of benzene rings is 2. The molecule has 0 fully saturated rings. The maximum absolute atomic E-state index is 11.9. The van der Waals surface area contributed by atoms with Crippen LogP contribution in [0.4, 0.5) is 5.69 Å². The highest BCUT2D eigenvalue weighted by Crippen LogP contribution is 2.26. The standard InChI is InChI=1S/C21H23NO5/c1-14(2)16-6-8-17(9-7-16)22-20(24)13-27-21(25)11-5-15-4-10-18(23)19(12-15)26-3/h4-12,14,23H,13H2,1-3H3,(H,22,24)/b11-5+. The SMILES string of the molecule is COc1cc(/C=C/C(=O)OCC(=O)Nc2ccc(C(C)C)cc2)ccc1O. The Bertz CT molecular complexity index is 825. The number of phenols is 1. The van der Waals surface area contributed by atoms with Gasteiger partial charge in [-0.2, -0.15) is 0 Å². The van der Waals surface area contributed by atoms with Crippen molar-refractivity contribution in [3.63, 3.8) is 0 Å². The quantitative estimate of drug-likeness (QED) is 0.574. The highest BCUT2D eigenvalue weighted by molar-refractivity contribution is 5.94. The number of rotatable bonds is 7. The van der Waals surface area contributed by atoms with Crippen LogP contribution in [0.5, 0.6) is 11.5 Å². The van der Waals surface area contributed by atoms with Crippen molar-refractivity contribution >= 4 is 23.6 Å². The molecule has 0 aliphatic rings. The van der Waals surface area contributed by atoms with Gasteiger partial charge in [-0.3, -0.25) is 4.79 Å². The first-order chi connectivity index (χ1) is 12.9. The lowest BCUT2D eigenvalue weighted by molar-refractivity contribution is -0.142. The van der Waals surface area contributed by atoms with Gasteiger partial charge >= 0.3 is 5.97 Å². The molecule has 0 heterocycles. The molecule has 1 amide bonds. The van der Waals surface area contributed by atoms with Crippen LogP contribution in [0.3, 0.4) is 0 Å². The zero-order valence-corrected chi connectivity index (χ0v) is 15.6. The van der Waals surface area contributed by atoms with Crippen LogP contribution in [0.15, 0.2) is 48.5 Å². The van der Waals surface area contributed by atoms with E-state index in [-0.39, 0.29) is 12.4 Å². The first-order valence-electron chi connectivity index (χ1n) is 8.50. The lowest BCUT2D eigenvalue weighted by Gasteiger charge is -2.08. The number of carbonyl (C=O) groups is 2. The lowest BCUT2D eigenvalue weighted by Crippen LogP contribution is -2.20. The molecule has 2 aromatic rings. The highest BCUT2D eigenvalue weighted by atomic mass is 16.5. The highest BCUT2D eigenvalue weighted by Gasteiger charge is 2.07. The third-order valence-electron chi connectivity index (χ3n) is 3.82. The van der Waals surface area contributed by atoms with Gasteiger partial charge in [0, 0.05) is 11.8 Å². The van der Waals surface area contributed by atoms with Crippen LogP contribution in [0.25, 0.3) is 6.08 Å². The number of methoxy groups -OCH3 is 1. The molecule has 0 bridgehead atoms. The second-order valence-corrected chi connectivity index (χ2v) is 6.20. The molecule has 0 saturated heterocycles. The Morgan fingerprint density at radius 1 is 1.15 bits per heavy atom. The normalized spacial score (nSPS) is 10.8. The number of hydrogen-bond acceptors (Lipinski definition) is 5. The zero-order chi connectivity index (χ0) is 19.8. The summed E-state index contributed by atoms with van der Waals surface area (Å²) in [7, 11) is 1.44. The minimum atomic E-state index is -0.646. The summed E-state index contributed by atoms with van der Waals surface area (Å²) < 4.78 is 9.92. The van der Waals surface area contributed by atoms with Crippen LogP contribution >= 0.6 is 0 Å². The molecule has 0 saturated carbocycles. The second-order valence-electron chi connectivity index (χ2n) is 6.20. The van der Waals surface area contributed by atoms with Crippen molar-refractivity contribution in [1.29, 1.82) is 0 Å². The Kier molecular flexibility index (Phi) is 7.00. The molecule has 0 unspecified atom stereocenters. The van der Waals surface area contributed by atoms with Crippen molar-refractivity contribution in [3.8, 4) is 11.5 Å². The fraction of sp³-hybridized carbons (Fsp3) is 0.238. The molecule has 142 valence electrons. The van der Waals surface area contributed by atoms with Gasteiger partial charge in [-0.1, -0.05) is 32.0 Å². The van der Waals surface area contributed by atoms with Crippen molar-refractivity contribution in [1.82, 2.24) is 0 Å². The number of phenolic OH excluding ortho intramolecular Hbond substituents is 1. The van der Waals surface area contributed by atoms with Gasteiger partial charge in [0.1, 0.15) is 0 Å². The van der Waals surface area contributed by atoms with Crippen molar-refractivity contribution in [2.75, 3.05) is 19.0 Å². The van der Waals surface area contributed by atoms with E-state index < -0.39 is 11.9 Å². The van der Waals surface area contributed by atoms with E-state index in [0.29, 0.717) is 22.9 Å². The third kappa shape index (κ3) is 6.18. The third-order valence-corrected chi connectivity index (χ3v) is 3.82. The summed E-state index contributed by atoms with van der Waals surface area (Å²) in [6.07, 6.45) is 2.71. The van der Waals surface area contributed by atoms with Crippen molar-refractivity contribution < 1.29 is 24.2 Å². The smallest absolute Gasteiger partial charge is 0.331 e. The summed E-state index contributed by atoms with van der Waals surface area (Å²) in [6, 6.07) is 12.2. The second kappa shape index (κ2) is 9.43. The van der Waals surface area contributed by atoms with Gasteiger partial charge in [0.25, 0.3) is 5.91 Å². The average molecular weight is 369 g/mol. The Labute approximate surface area is 158 Å². The van der Waals surface area contributed by atoms with Crippen molar-refractivity contribution in [2.45, 2.75) is 19.8 Å². The molecule has 2 rings (SSSR count). The summed E-state index contributed by atoms with van der Waals surface area (Å²) in [5, 5.41) is 12.2. The van der Waals surface area contributed by atoms with E-state index in [9.17, 15) is 14.7 Å². The molecule has 6 heteroatoms. The number of anilines is 1. The van der Waals surface area contributed by atoms with Gasteiger partial charge in [0.05, 0.1) is 7.11 Å². The molecule has 27 heavy (non-hydrogen) atoms. The number of aromatic hydroxyl groups is 1. The fourth-order valence-corrected chi connectivity index (χ4v) is 2.30. The summed E-state index contributed by atoms with van der Waals surface area (Å²) in [6.45, 7) is 3.80. The molecule has 0 spiro atoms. The van der Waals surface area contributed by atoms with Crippen molar-refractivity contribution in [3.05, 3.63) is 59.7 Å².